The summed E-state index contributed by atoms with van der Waals surface area (Å²) in [6.45, 7) is 3.85. The highest BCUT2D eigenvalue weighted by atomic mass is 79.9. The van der Waals surface area contributed by atoms with Crippen LogP contribution in [0.15, 0.2) is 4.47 Å². The Kier molecular flexibility index (Phi) is 3.83. The second-order valence-electron chi connectivity index (χ2n) is 2.96. The van der Waals surface area contributed by atoms with Gasteiger partial charge in [0.1, 0.15) is 11.9 Å². The average Bonchev–Trinajstić information content (AvgIpc) is 2.20. The van der Waals surface area contributed by atoms with Crippen molar-refractivity contribution in [3.63, 3.8) is 0 Å². The molecule has 1 unspecified atom stereocenters. The molecule has 0 aliphatic heterocycles. The van der Waals surface area contributed by atoms with Crippen LogP contribution in [0.5, 0.6) is 0 Å². The molecule has 0 amide bonds. The first-order valence-corrected chi connectivity index (χ1v) is 5.14. The number of nitrogens with one attached hydrogen (secondary N) is 1. The number of rotatable bonds is 3. The van der Waals surface area contributed by atoms with Crippen LogP contribution < -0.4 is 5.32 Å². The summed E-state index contributed by atoms with van der Waals surface area (Å²) in [5.41, 5.74) is 0.906. The molecule has 1 aromatic heterocycles. The third-order valence-corrected chi connectivity index (χ3v) is 2.94. The van der Waals surface area contributed by atoms with Crippen LogP contribution in [0, 0.1) is 6.92 Å². The Balaban J connectivity index is 3.16. The van der Waals surface area contributed by atoms with Crippen LogP contribution in [-0.4, -0.2) is 24.1 Å². The van der Waals surface area contributed by atoms with Gasteiger partial charge in [0, 0.05) is 14.2 Å². The lowest BCUT2D eigenvalue weighted by molar-refractivity contribution is 0.112. The van der Waals surface area contributed by atoms with Gasteiger partial charge in [-0.15, -0.1) is 0 Å². The third-order valence-electron chi connectivity index (χ3n) is 1.99. The van der Waals surface area contributed by atoms with Crippen molar-refractivity contribution in [2.75, 3.05) is 19.5 Å². The second-order valence-corrected chi connectivity index (χ2v) is 3.75. The van der Waals surface area contributed by atoms with Crippen LogP contribution in [0.3, 0.4) is 0 Å². The van der Waals surface area contributed by atoms with Crippen molar-refractivity contribution < 1.29 is 4.74 Å². The van der Waals surface area contributed by atoms with E-state index in [0.29, 0.717) is 5.82 Å². The number of ether oxygens (including phenoxy) is 1. The zero-order valence-corrected chi connectivity index (χ0v) is 10.3. The fraction of sp³-hybridized carbons (Fsp3) is 0.556. The molecule has 0 spiro atoms. The van der Waals surface area contributed by atoms with Gasteiger partial charge >= 0.3 is 0 Å². The van der Waals surface area contributed by atoms with Crippen LogP contribution >= 0.6 is 15.9 Å². The van der Waals surface area contributed by atoms with Gasteiger partial charge < -0.3 is 10.1 Å². The molecule has 1 aromatic rings. The number of methoxy groups -OCH3 is 1. The van der Waals surface area contributed by atoms with Gasteiger partial charge in [0.15, 0.2) is 5.82 Å². The zero-order valence-electron chi connectivity index (χ0n) is 8.76. The molecule has 1 atom stereocenters. The summed E-state index contributed by atoms with van der Waals surface area (Å²) in [5, 5.41) is 3.00. The molecular formula is C9H14BrN3O. The van der Waals surface area contributed by atoms with Gasteiger partial charge in [0.05, 0.1) is 10.2 Å². The molecule has 0 saturated heterocycles. The number of hydrogen-bond acceptors (Lipinski definition) is 4. The lowest BCUT2D eigenvalue weighted by Gasteiger charge is -2.12. The summed E-state index contributed by atoms with van der Waals surface area (Å²) < 4.78 is 6.06. The predicted molar refractivity (Wildman–Crippen MR) is 59.4 cm³/mol. The molecule has 14 heavy (non-hydrogen) atoms. The zero-order chi connectivity index (χ0) is 10.7. The van der Waals surface area contributed by atoms with E-state index in [1.807, 2.05) is 20.9 Å². The Hall–Kier alpha value is -0.680. The molecule has 1 heterocycles. The lowest BCUT2D eigenvalue weighted by atomic mass is 10.3. The predicted octanol–water partition coefficient (Wildman–Crippen LogP) is 2.30. The first-order valence-electron chi connectivity index (χ1n) is 4.34. The minimum Gasteiger partial charge on any atom is -0.374 e. The minimum absolute atomic E-state index is 0.0890. The average molecular weight is 260 g/mol. The van der Waals surface area contributed by atoms with E-state index in [9.17, 15) is 0 Å². The minimum atomic E-state index is -0.0890. The smallest absolute Gasteiger partial charge is 0.159 e. The maximum atomic E-state index is 5.16. The van der Waals surface area contributed by atoms with Crippen molar-refractivity contribution in [2.45, 2.75) is 20.0 Å². The molecule has 0 radical (unpaired) electrons. The van der Waals surface area contributed by atoms with Gasteiger partial charge in [-0.3, -0.25) is 0 Å². The standard InChI is InChI=1S/C9H14BrN3O/c1-5-7(10)9(11-3)13-8(12-5)6(2)14-4/h6H,1-4H3,(H,11,12,13). The first-order chi connectivity index (χ1) is 6.60. The van der Waals surface area contributed by atoms with E-state index < -0.39 is 0 Å². The van der Waals surface area contributed by atoms with Gasteiger partial charge in [0.2, 0.25) is 0 Å². The van der Waals surface area contributed by atoms with E-state index in [1.165, 1.54) is 0 Å². The molecule has 0 bridgehead atoms. The number of halogens is 1. The molecule has 0 aliphatic carbocycles. The first kappa shape index (κ1) is 11.4. The molecule has 4 nitrogen and oxygen atoms in total. The normalized spacial score (nSPS) is 12.6. The topological polar surface area (TPSA) is 47.0 Å². The van der Waals surface area contributed by atoms with Crippen LogP contribution in [0.25, 0.3) is 0 Å². The highest BCUT2D eigenvalue weighted by Gasteiger charge is 2.12. The van der Waals surface area contributed by atoms with Crippen molar-refractivity contribution in [1.29, 1.82) is 0 Å². The number of nitrogens with zero attached hydrogens (tertiary/aromatic N) is 2. The summed E-state index contributed by atoms with van der Waals surface area (Å²) in [5.74, 6) is 1.48. The number of aromatic nitrogens is 2. The fourth-order valence-electron chi connectivity index (χ4n) is 1.03. The Morgan fingerprint density at radius 3 is 2.57 bits per heavy atom. The Labute approximate surface area is 92.2 Å². The molecule has 78 valence electrons. The molecule has 1 rings (SSSR count). The van der Waals surface area contributed by atoms with Gasteiger partial charge in [-0.1, -0.05) is 0 Å². The number of aryl methyl sites for hydroxylation is 1. The van der Waals surface area contributed by atoms with Crippen molar-refractivity contribution in [2.24, 2.45) is 0 Å². The summed E-state index contributed by atoms with van der Waals surface area (Å²) in [7, 11) is 3.47. The van der Waals surface area contributed by atoms with Gasteiger partial charge in [-0.25, -0.2) is 9.97 Å². The highest BCUT2D eigenvalue weighted by Crippen LogP contribution is 2.24. The number of anilines is 1. The van der Waals surface area contributed by atoms with Crippen molar-refractivity contribution in [3.05, 3.63) is 16.0 Å². The van der Waals surface area contributed by atoms with Crippen LogP contribution in [0.2, 0.25) is 0 Å². The van der Waals surface area contributed by atoms with E-state index in [4.69, 9.17) is 4.74 Å². The second kappa shape index (κ2) is 4.70. The fourth-order valence-corrected chi connectivity index (χ4v) is 1.41. The van der Waals surface area contributed by atoms with E-state index in [-0.39, 0.29) is 6.10 Å². The van der Waals surface area contributed by atoms with Crippen LogP contribution in [-0.2, 0) is 4.74 Å². The van der Waals surface area contributed by atoms with Crippen LogP contribution in [0.4, 0.5) is 5.82 Å². The summed E-state index contributed by atoms with van der Waals surface area (Å²) in [6, 6.07) is 0. The summed E-state index contributed by atoms with van der Waals surface area (Å²) in [4.78, 5) is 8.66. The van der Waals surface area contributed by atoms with Crippen LogP contribution in [0.1, 0.15) is 24.5 Å². The Morgan fingerprint density at radius 1 is 1.43 bits per heavy atom. The third kappa shape index (κ3) is 2.22. The monoisotopic (exact) mass is 259 g/mol. The van der Waals surface area contributed by atoms with Crippen molar-refractivity contribution >= 4 is 21.7 Å². The maximum absolute atomic E-state index is 5.16. The molecule has 0 fully saturated rings. The van der Waals surface area contributed by atoms with E-state index in [0.717, 1.165) is 16.0 Å². The molecule has 0 aromatic carbocycles. The quantitative estimate of drug-likeness (QED) is 0.905. The maximum Gasteiger partial charge on any atom is 0.159 e. The van der Waals surface area contributed by atoms with Crippen molar-refractivity contribution in [3.8, 4) is 0 Å². The highest BCUT2D eigenvalue weighted by molar-refractivity contribution is 9.10. The SMILES string of the molecule is CNc1nc(C(C)OC)nc(C)c1Br. The summed E-state index contributed by atoms with van der Waals surface area (Å²) in [6.07, 6.45) is -0.0890. The van der Waals surface area contributed by atoms with E-state index in [2.05, 4.69) is 31.2 Å². The molecule has 5 heteroatoms. The molecule has 1 N–H and O–H groups in total. The van der Waals surface area contributed by atoms with E-state index in [1.54, 1.807) is 7.11 Å². The largest absolute Gasteiger partial charge is 0.374 e. The Morgan fingerprint density at radius 2 is 2.07 bits per heavy atom. The van der Waals surface area contributed by atoms with Gasteiger partial charge in [-0.2, -0.15) is 0 Å². The van der Waals surface area contributed by atoms with Crippen molar-refractivity contribution in [1.82, 2.24) is 9.97 Å². The van der Waals surface area contributed by atoms with Gasteiger partial charge in [0.25, 0.3) is 0 Å². The summed E-state index contributed by atoms with van der Waals surface area (Å²) >= 11 is 3.42. The lowest BCUT2D eigenvalue weighted by Crippen LogP contribution is -2.07. The Bertz CT molecular complexity index is 330. The molecule has 0 aliphatic rings. The number of hydrogen-bond donors (Lipinski definition) is 1. The van der Waals surface area contributed by atoms with E-state index >= 15 is 0 Å². The van der Waals surface area contributed by atoms with Gasteiger partial charge in [-0.05, 0) is 29.8 Å². The molecule has 0 saturated carbocycles. The molecular weight excluding hydrogens is 246 g/mol.